The molecule has 0 bridgehead atoms. The minimum Gasteiger partial charge on any atom is -0.289 e. The van der Waals surface area contributed by atoms with Crippen LogP contribution in [0.25, 0.3) is 0 Å². The van der Waals surface area contributed by atoms with Crippen LogP contribution in [0.15, 0.2) is 24.3 Å². The Morgan fingerprint density at radius 2 is 1.94 bits per heavy atom. The van der Waals surface area contributed by atoms with Crippen molar-refractivity contribution in [3.63, 3.8) is 0 Å². The summed E-state index contributed by atoms with van der Waals surface area (Å²) in [6.45, 7) is 0. The molecular weight excluding hydrogens is 218 g/mol. The maximum Gasteiger partial charge on any atom is 0.442 e. The fraction of sp³-hybridized carbons (Fsp3) is 0.462. The fourth-order valence-corrected chi connectivity index (χ4v) is 2.51. The van der Waals surface area contributed by atoms with Crippen molar-refractivity contribution in [2.24, 2.45) is 0 Å². The molecule has 2 rings (SSSR count). The molecule has 0 aliphatic heterocycles. The molecule has 0 atom stereocenters. The van der Waals surface area contributed by atoms with Gasteiger partial charge in [0.15, 0.2) is 0 Å². The summed E-state index contributed by atoms with van der Waals surface area (Å²) in [4.78, 5) is 14.7. The highest BCUT2D eigenvalue weighted by Crippen LogP contribution is 2.36. The molecule has 0 saturated heterocycles. The molecule has 0 unspecified atom stereocenters. The molecule has 1 fully saturated rings. The Morgan fingerprint density at radius 1 is 1.24 bits per heavy atom. The number of rotatable bonds is 2. The van der Waals surface area contributed by atoms with E-state index in [0.29, 0.717) is 5.92 Å². The van der Waals surface area contributed by atoms with Gasteiger partial charge in [0, 0.05) is 5.69 Å². The molecule has 1 aliphatic rings. The molecule has 1 saturated carbocycles. The molecule has 1 aliphatic carbocycles. The van der Waals surface area contributed by atoms with Gasteiger partial charge in [-0.25, -0.2) is 4.79 Å². The van der Waals surface area contributed by atoms with Gasteiger partial charge in [-0.2, -0.15) is 5.26 Å². The maximum atomic E-state index is 11.0. The highest BCUT2D eigenvalue weighted by atomic mass is 17.1. The van der Waals surface area contributed by atoms with Crippen molar-refractivity contribution in [3.8, 4) is 0 Å². The second-order valence-electron chi connectivity index (χ2n) is 4.43. The summed E-state index contributed by atoms with van der Waals surface area (Å²) >= 11 is 0. The van der Waals surface area contributed by atoms with Gasteiger partial charge in [-0.3, -0.25) is 10.2 Å². The maximum absolute atomic E-state index is 11.0. The zero-order chi connectivity index (χ0) is 12.1. The van der Waals surface area contributed by atoms with Gasteiger partial charge in [0.05, 0.1) is 0 Å². The number of hydrogen-bond donors (Lipinski definition) is 2. The van der Waals surface area contributed by atoms with Crippen LogP contribution in [-0.4, -0.2) is 11.4 Å². The van der Waals surface area contributed by atoms with E-state index >= 15 is 0 Å². The predicted molar refractivity (Wildman–Crippen MR) is 65.0 cm³/mol. The quantitative estimate of drug-likeness (QED) is 0.606. The number of carbonyl (C=O) groups is 1. The first-order chi connectivity index (χ1) is 8.31. The average Bonchev–Trinajstić information content (AvgIpc) is 2.40. The van der Waals surface area contributed by atoms with E-state index in [1.807, 2.05) is 24.3 Å². The lowest BCUT2D eigenvalue weighted by atomic mass is 9.83. The highest BCUT2D eigenvalue weighted by Gasteiger charge is 2.19. The summed E-state index contributed by atoms with van der Waals surface area (Å²) in [7, 11) is 0. The summed E-state index contributed by atoms with van der Waals surface area (Å²) in [5.41, 5.74) is 1.87. The topological polar surface area (TPSA) is 58.6 Å². The molecule has 0 aromatic heterocycles. The van der Waals surface area contributed by atoms with Crippen LogP contribution in [0.1, 0.15) is 43.6 Å². The van der Waals surface area contributed by atoms with Crippen LogP contribution in [0.3, 0.4) is 0 Å². The van der Waals surface area contributed by atoms with Crippen molar-refractivity contribution in [2.45, 2.75) is 38.0 Å². The lowest BCUT2D eigenvalue weighted by Crippen LogP contribution is -2.14. The van der Waals surface area contributed by atoms with Gasteiger partial charge >= 0.3 is 6.09 Å². The van der Waals surface area contributed by atoms with Gasteiger partial charge in [0.1, 0.15) is 0 Å². The number of hydrogen-bond acceptors (Lipinski definition) is 3. The van der Waals surface area contributed by atoms with Crippen molar-refractivity contribution in [2.75, 3.05) is 5.32 Å². The normalized spacial score (nSPS) is 16.5. The number of nitrogens with one attached hydrogen (secondary N) is 1. The molecule has 0 spiro atoms. The zero-order valence-electron chi connectivity index (χ0n) is 9.69. The van der Waals surface area contributed by atoms with Gasteiger partial charge in [0.25, 0.3) is 0 Å². The highest BCUT2D eigenvalue weighted by molar-refractivity contribution is 5.85. The molecule has 0 heterocycles. The standard InChI is InChI=1S/C13H17NO3/c15-13(17-16)14-12-9-5-4-8-11(12)10-6-2-1-3-7-10/h4-5,8-10,16H,1-3,6-7H2,(H,14,15). The SMILES string of the molecule is O=C(Nc1ccccc1C1CCCCC1)OO. The molecule has 1 amide bonds. The van der Waals surface area contributed by atoms with Crippen molar-refractivity contribution in [3.05, 3.63) is 29.8 Å². The van der Waals surface area contributed by atoms with E-state index in [4.69, 9.17) is 5.26 Å². The molecule has 4 heteroatoms. The molecule has 4 nitrogen and oxygen atoms in total. The summed E-state index contributed by atoms with van der Waals surface area (Å²) in [6.07, 6.45) is 5.26. The number of anilines is 1. The second kappa shape index (κ2) is 5.68. The minimum atomic E-state index is -0.840. The van der Waals surface area contributed by atoms with Crippen LogP contribution in [0.5, 0.6) is 0 Å². The van der Waals surface area contributed by atoms with Crippen LogP contribution in [0, 0.1) is 0 Å². The van der Waals surface area contributed by atoms with Gasteiger partial charge in [-0.1, -0.05) is 37.5 Å². The zero-order valence-corrected chi connectivity index (χ0v) is 9.69. The summed E-state index contributed by atoms with van der Waals surface area (Å²) < 4.78 is 0. The molecule has 1 aromatic rings. The summed E-state index contributed by atoms with van der Waals surface area (Å²) in [5, 5.41) is 10.8. The Balaban J connectivity index is 2.17. The van der Waals surface area contributed by atoms with Gasteiger partial charge in [0.2, 0.25) is 0 Å². The second-order valence-corrected chi connectivity index (χ2v) is 4.43. The first-order valence-corrected chi connectivity index (χ1v) is 6.02. The Kier molecular flexibility index (Phi) is 3.98. The van der Waals surface area contributed by atoms with E-state index in [1.54, 1.807) is 0 Å². The monoisotopic (exact) mass is 235 g/mol. The average molecular weight is 235 g/mol. The first-order valence-electron chi connectivity index (χ1n) is 6.02. The lowest BCUT2D eigenvalue weighted by Gasteiger charge is -2.24. The van der Waals surface area contributed by atoms with Crippen molar-refractivity contribution in [1.82, 2.24) is 0 Å². The van der Waals surface area contributed by atoms with Gasteiger partial charge < -0.3 is 0 Å². The molecule has 2 N–H and O–H groups in total. The molecule has 1 aromatic carbocycles. The summed E-state index contributed by atoms with van der Waals surface area (Å²) in [6, 6.07) is 7.70. The van der Waals surface area contributed by atoms with Gasteiger partial charge in [-0.05, 0) is 30.4 Å². The number of amides is 1. The van der Waals surface area contributed by atoms with E-state index in [1.165, 1.54) is 19.3 Å². The van der Waals surface area contributed by atoms with Crippen molar-refractivity contribution in [1.29, 1.82) is 0 Å². The van der Waals surface area contributed by atoms with Crippen molar-refractivity contribution >= 4 is 11.8 Å². The van der Waals surface area contributed by atoms with E-state index in [0.717, 1.165) is 24.1 Å². The molecule has 0 radical (unpaired) electrons. The Morgan fingerprint density at radius 3 is 2.65 bits per heavy atom. The Labute approximate surface area is 101 Å². The largest absolute Gasteiger partial charge is 0.442 e. The van der Waals surface area contributed by atoms with E-state index < -0.39 is 6.09 Å². The Hall–Kier alpha value is -1.55. The number of carbonyl (C=O) groups excluding carboxylic acids is 1. The van der Waals surface area contributed by atoms with Crippen LogP contribution >= 0.6 is 0 Å². The van der Waals surface area contributed by atoms with E-state index in [9.17, 15) is 4.79 Å². The van der Waals surface area contributed by atoms with Gasteiger partial charge in [-0.15, -0.1) is 0 Å². The number of benzene rings is 1. The third-order valence-electron chi connectivity index (χ3n) is 3.33. The van der Waals surface area contributed by atoms with Crippen LogP contribution in [0.2, 0.25) is 0 Å². The first kappa shape index (κ1) is 11.9. The van der Waals surface area contributed by atoms with Crippen molar-refractivity contribution < 1.29 is 14.9 Å². The van der Waals surface area contributed by atoms with E-state index in [-0.39, 0.29) is 0 Å². The van der Waals surface area contributed by atoms with Crippen LogP contribution in [0.4, 0.5) is 10.5 Å². The third kappa shape index (κ3) is 2.97. The smallest absolute Gasteiger partial charge is 0.289 e. The third-order valence-corrected chi connectivity index (χ3v) is 3.33. The lowest BCUT2D eigenvalue weighted by molar-refractivity contribution is -0.172. The molecular formula is C13H17NO3. The van der Waals surface area contributed by atoms with Crippen LogP contribution in [-0.2, 0) is 4.89 Å². The number of para-hydroxylation sites is 1. The fourth-order valence-electron chi connectivity index (χ4n) is 2.51. The van der Waals surface area contributed by atoms with Crippen LogP contribution < -0.4 is 5.32 Å². The molecule has 92 valence electrons. The summed E-state index contributed by atoms with van der Waals surface area (Å²) in [5.74, 6) is 0.499. The Bertz CT molecular complexity index is 386. The minimum absolute atomic E-state index is 0.499. The molecule has 17 heavy (non-hydrogen) atoms. The predicted octanol–water partition coefficient (Wildman–Crippen LogP) is 3.76. The van der Waals surface area contributed by atoms with E-state index in [2.05, 4.69) is 10.2 Å².